The maximum Gasteiger partial charge on any atom is 0.305 e. The summed E-state index contributed by atoms with van der Waals surface area (Å²) in [6.07, 6.45) is 1.37. The second-order valence-electron chi connectivity index (χ2n) is 8.26. The van der Waals surface area contributed by atoms with Gasteiger partial charge in [0.2, 0.25) is 5.43 Å². The summed E-state index contributed by atoms with van der Waals surface area (Å²) >= 11 is 0. The van der Waals surface area contributed by atoms with Gasteiger partial charge in [0.1, 0.15) is 11.4 Å². The number of guanidine groups is 1. The molecule has 4 N–H and O–H groups in total. The normalized spacial score (nSPS) is 12.8. The first-order chi connectivity index (χ1) is 17.3. The summed E-state index contributed by atoms with van der Waals surface area (Å²) in [7, 11) is 0. The van der Waals surface area contributed by atoms with E-state index in [1.165, 1.54) is 10.8 Å². The molecule has 2 heterocycles. The Bertz CT molecular complexity index is 1390. The van der Waals surface area contributed by atoms with Gasteiger partial charge in [0.05, 0.1) is 23.9 Å². The molecule has 0 saturated heterocycles. The van der Waals surface area contributed by atoms with Gasteiger partial charge in [-0.15, -0.1) is 0 Å². The molecule has 0 saturated carbocycles. The second kappa shape index (κ2) is 11.0. The number of aromatic nitrogens is 1. The summed E-state index contributed by atoms with van der Waals surface area (Å²) in [5.41, 5.74) is -0.586. The number of hydrogen-bond donors (Lipinski definition) is 4. The fourth-order valence-electron chi connectivity index (χ4n) is 3.99. The van der Waals surface area contributed by atoms with Crippen molar-refractivity contribution in [1.82, 2.24) is 20.5 Å². The van der Waals surface area contributed by atoms with Crippen LogP contribution in [0, 0.1) is 11.6 Å². The molecule has 0 radical (unpaired) electrons. The smallest absolute Gasteiger partial charge is 0.305 e. The number of carboxylic acid groups (broad SMARTS) is 1. The number of nitrogens with zero attached hydrogens (tertiary/aromatic N) is 2. The first-order valence-corrected chi connectivity index (χ1v) is 11.4. The SMILES string of the molecule is O=C(O)CCNC(=O)c1cn(CCc2ccccc2)c2c(F)c(CNC3=NCCN3)c(F)cc2c1=O. The molecule has 0 spiro atoms. The fourth-order valence-corrected chi connectivity index (χ4v) is 3.99. The van der Waals surface area contributed by atoms with Crippen LogP contribution in [-0.2, 0) is 24.3 Å². The lowest BCUT2D eigenvalue weighted by Gasteiger charge is -2.17. The van der Waals surface area contributed by atoms with Crippen LogP contribution in [0.25, 0.3) is 10.9 Å². The van der Waals surface area contributed by atoms with E-state index in [0.717, 1.165) is 11.6 Å². The maximum atomic E-state index is 15.7. The summed E-state index contributed by atoms with van der Waals surface area (Å²) < 4.78 is 32.1. The third-order valence-electron chi connectivity index (χ3n) is 5.81. The van der Waals surface area contributed by atoms with Crippen molar-refractivity contribution in [3.8, 4) is 0 Å². The molecule has 0 atom stereocenters. The molecule has 0 fully saturated rings. The van der Waals surface area contributed by atoms with E-state index in [2.05, 4.69) is 20.9 Å². The van der Waals surface area contributed by atoms with Crippen LogP contribution in [-0.4, -0.2) is 47.1 Å². The number of pyridine rings is 1. The van der Waals surface area contributed by atoms with Gasteiger partial charge in [-0.2, -0.15) is 0 Å². The minimum Gasteiger partial charge on any atom is -0.481 e. The number of aliphatic imine (C=N–C) groups is 1. The summed E-state index contributed by atoms with van der Waals surface area (Å²) in [5.74, 6) is -3.32. The number of aryl methyl sites for hydroxylation is 2. The number of aliphatic carboxylic acids is 1. The van der Waals surface area contributed by atoms with Crippen molar-refractivity contribution in [3.05, 3.63) is 81.1 Å². The van der Waals surface area contributed by atoms with Gasteiger partial charge in [0.15, 0.2) is 11.8 Å². The number of hydrogen-bond acceptors (Lipinski definition) is 6. The molecule has 4 rings (SSSR count). The molecule has 36 heavy (non-hydrogen) atoms. The van der Waals surface area contributed by atoms with E-state index in [1.54, 1.807) is 0 Å². The monoisotopic (exact) mass is 497 g/mol. The molecule has 3 aromatic rings. The van der Waals surface area contributed by atoms with Crippen molar-refractivity contribution in [2.24, 2.45) is 4.99 Å². The predicted molar refractivity (Wildman–Crippen MR) is 130 cm³/mol. The molecule has 9 nitrogen and oxygen atoms in total. The Morgan fingerprint density at radius 2 is 1.97 bits per heavy atom. The van der Waals surface area contributed by atoms with Gasteiger partial charge in [-0.3, -0.25) is 19.4 Å². The van der Waals surface area contributed by atoms with Crippen LogP contribution < -0.4 is 21.4 Å². The average molecular weight is 498 g/mol. The minimum absolute atomic E-state index is 0.113. The van der Waals surface area contributed by atoms with Gasteiger partial charge in [0.25, 0.3) is 5.91 Å². The lowest BCUT2D eigenvalue weighted by atomic mass is 10.0. The first-order valence-electron chi connectivity index (χ1n) is 11.4. The van der Waals surface area contributed by atoms with Crippen molar-refractivity contribution < 1.29 is 23.5 Å². The zero-order chi connectivity index (χ0) is 25.7. The number of rotatable bonds is 9. The Kier molecular flexibility index (Phi) is 7.57. The lowest BCUT2D eigenvalue weighted by Crippen LogP contribution is -2.34. The number of fused-ring (bicyclic) bond motifs is 1. The summed E-state index contributed by atoms with van der Waals surface area (Å²) in [4.78, 5) is 40.7. The number of nitrogens with one attached hydrogen (secondary N) is 3. The van der Waals surface area contributed by atoms with E-state index >= 15 is 4.39 Å². The molecule has 0 aliphatic carbocycles. The van der Waals surface area contributed by atoms with Gasteiger partial charge < -0.3 is 25.6 Å². The van der Waals surface area contributed by atoms with Crippen LogP contribution in [0.1, 0.15) is 27.9 Å². The number of halogens is 2. The van der Waals surface area contributed by atoms with Gasteiger partial charge >= 0.3 is 5.97 Å². The van der Waals surface area contributed by atoms with Crippen LogP contribution in [0.15, 0.2) is 52.4 Å². The van der Waals surface area contributed by atoms with Crippen molar-refractivity contribution in [3.63, 3.8) is 0 Å². The molecule has 0 bridgehead atoms. The molecular weight excluding hydrogens is 472 g/mol. The largest absolute Gasteiger partial charge is 0.481 e. The number of amides is 1. The molecule has 1 aromatic heterocycles. The third-order valence-corrected chi connectivity index (χ3v) is 5.81. The minimum atomic E-state index is -1.11. The molecule has 11 heteroatoms. The molecule has 188 valence electrons. The molecular formula is C25H25F2N5O4. The first kappa shape index (κ1) is 24.8. The zero-order valence-corrected chi connectivity index (χ0v) is 19.3. The molecule has 1 aliphatic rings. The number of carbonyl (C=O) groups excluding carboxylic acids is 1. The lowest BCUT2D eigenvalue weighted by molar-refractivity contribution is -0.136. The molecule has 1 amide bonds. The molecule has 2 aromatic carbocycles. The highest BCUT2D eigenvalue weighted by atomic mass is 19.1. The van der Waals surface area contributed by atoms with E-state index in [-0.39, 0.29) is 48.1 Å². The van der Waals surface area contributed by atoms with Crippen LogP contribution in [0.3, 0.4) is 0 Å². The van der Waals surface area contributed by atoms with Gasteiger partial charge in [-0.1, -0.05) is 30.3 Å². The maximum absolute atomic E-state index is 15.7. The van der Waals surface area contributed by atoms with Crippen LogP contribution in [0.2, 0.25) is 0 Å². The average Bonchev–Trinajstić information content (AvgIpc) is 3.37. The Morgan fingerprint density at radius 1 is 1.19 bits per heavy atom. The van der Waals surface area contributed by atoms with Crippen molar-refractivity contribution in [2.45, 2.75) is 25.9 Å². The van der Waals surface area contributed by atoms with Crippen LogP contribution >= 0.6 is 0 Å². The van der Waals surface area contributed by atoms with Crippen LogP contribution in [0.4, 0.5) is 8.78 Å². The van der Waals surface area contributed by atoms with E-state index in [4.69, 9.17) is 5.11 Å². The number of carboxylic acids is 1. The summed E-state index contributed by atoms with van der Waals surface area (Å²) in [6.45, 7) is 1.01. The van der Waals surface area contributed by atoms with E-state index < -0.39 is 28.9 Å². The number of benzene rings is 2. The van der Waals surface area contributed by atoms with Gasteiger partial charge in [0, 0.05) is 37.9 Å². The van der Waals surface area contributed by atoms with Crippen molar-refractivity contribution in [1.29, 1.82) is 0 Å². The van der Waals surface area contributed by atoms with Gasteiger partial charge in [-0.25, -0.2) is 8.78 Å². The van der Waals surface area contributed by atoms with E-state index in [9.17, 15) is 18.8 Å². The van der Waals surface area contributed by atoms with Gasteiger partial charge in [-0.05, 0) is 18.1 Å². The van der Waals surface area contributed by atoms with E-state index in [1.807, 2.05) is 30.3 Å². The number of carbonyl (C=O) groups is 2. The highest BCUT2D eigenvalue weighted by molar-refractivity contribution is 5.97. The van der Waals surface area contributed by atoms with Crippen LogP contribution in [0.5, 0.6) is 0 Å². The molecule has 0 unspecified atom stereocenters. The fraction of sp³-hybridized carbons (Fsp3) is 0.280. The van der Waals surface area contributed by atoms with Crippen molar-refractivity contribution >= 4 is 28.7 Å². The van der Waals surface area contributed by atoms with E-state index in [0.29, 0.717) is 25.5 Å². The Labute approximate surface area is 204 Å². The quantitative estimate of drug-likeness (QED) is 0.357. The topological polar surface area (TPSA) is 125 Å². The Morgan fingerprint density at radius 3 is 2.67 bits per heavy atom. The Balaban J connectivity index is 1.76. The zero-order valence-electron chi connectivity index (χ0n) is 19.3. The highest BCUT2D eigenvalue weighted by Gasteiger charge is 2.22. The Hall–Kier alpha value is -4.28. The summed E-state index contributed by atoms with van der Waals surface area (Å²) in [6, 6.07) is 10.3. The molecule has 1 aliphatic heterocycles. The third kappa shape index (κ3) is 5.51. The standard InChI is InChI=1S/C25H25F2N5O4/c26-19-12-16-22(21(27)17(19)13-31-25-29-9-10-30-25)32(11-7-15-4-2-1-3-5-15)14-18(23(16)35)24(36)28-8-6-20(33)34/h1-5,12,14H,6-11,13H2,(H,28,36)(H,33,34)(H2,29,30,31). The second-order valence-corrected chi connectivity index (χ2v) is 8.26. The van der Waals surface area contributed by atoms with Crippen molar-refractivity contribution in [2.75, 3.05) is 19.6 Å². The summed E-state index contributed by atoms with van der Waals surface area (Å²) in [5, 5.41) is 16.7. The predicted octanol–water partition coefficient (Wildman–Crippen LogP) is 1.78. The highest BCUT2D eigenvalue weighted by Crippen LogP contribution is 2.24.